The van der Waals surface area contributed by atoms with Crippen LogP contribution in [0.3, 0.4) is 0 Å². The number of carbonyl (C=O) groups excluding carboxylic acids is 1. The van der Waals surface area contributed by atoms with Gasteiger partial charge in [-0.25, -0.2) is 12.7 Å². The van der Waals surface area contributed by atoms with Crippen LogP contribution in [0.5, 0.6) is 0 Å². The third-order valence-electron chi connectivity index (χ3n) is 4.41. The first-order valence-electron chi connectivity index (χ1n) is 8.35. The van der Waals surface area contributed by atoms with E-state index in [0.717, 1.165) is 4.88 Å². The van der Waals surface area contributed by atoms with Gasteiger partial charge in [0.15, 0.2) is 0 Å². The Morgan fingerprint density at radius 3 is 2.56 bits per heavy atom. The third-order valence-corrected chi connectivity index (χ3v) is 7.23. The number of carbonyl (C=O) groups is 2. The van der Waals surface area contributed by atoms with Crippen molar-refractivity contribution in [2.45, 2.75) is 38.6 Å². The minimum Gasteiger partial charge on any atom is -0.480 e. The molecule has 2 heterocycles. The van der Waals surface area contributed by atoms with Crippen molar-refractivity contribution in [3.05, 3.63) is 22.4 Å². The first-order valence-corrected chi connectivity index (χ1v) is 10.8. The van der Waals surface area contributed by atoms with Gasteiger partial charge in [-0.15, -0.1) is 11.3 Å². The van der Waals surface area contributed by atoms with E-state index in [-0.39, 0.29) is 30.7 Å². The van der Waals surface area contributed by atoms with Gasteiger partial charge in [0.2, 0.25) is 15.9 Å². The summed E-state index contributed by atoms with van der Waals surface area (Å²) in [5.74, 6) is -1.18. The van der Waals surface area contributed by atoms with Crippen molar-refractivity contribution >= 4 is 33.2 Å². The Balaban J connectivity index is 1.97. The SMILES string of the molecule is CCS(=O)(=O)N1CCC(N(CC(=O)O)C(=O)CCc2cccs2)CC1. The zero-order valence-electron chi connectivity index (χ0n) is 14.3. The molecule has 1 amide bonds. The lowest BCUT2D eigenvalue weighted by atomic mass is 10.0. The average Bonchev–Trinajstić information content (AvgIpc) is 3.11. The Bertz CT molecular complexity index is 679. The molecule has 1 aromatic heterocycles. The topological polar surface area (TPSA) is 95.0 Å². The zero-order chi connectivity index (χ0) is 18.4. The van der Waals surface area contributed by atoms with E-state index in [1.54, 1.807) is 18.3 Å². The highest BCUT2D eigenvalue weighted by Gasteiger charge is 2.32. The number of carboxylic acids is 1. The zero-order valence-corrected chi connectivity index (χ0v) is 15.9. The van der Waals surface area contributed by atoms with Crippen LogP contribution in [-0.4, -0.2) is 66.0 Å². The molecule has 0 aliphatic carbocycles. The highest BCUT2D eigenvalue weighted by Crippen LogP contribution is 2.21. The number of hydrogen-bond acceptors (Lipinski definition) is 5. The second-order valence-corrected chi connectivity index (χ2v) is 9.32. The van der Waals surface area contributed by atoms with Gasteiger partial charge in [-0.3, -0.25) is 9.59 Å². The van der Waals surface area contributed by atoms with Crippen molar-refractivity contribution in [2.75, 3.05) is 25.4 Å². The van der Waals surface area contributed by atoms with Crippen LogP contribution in [0, 0.1) is 0 Å². The molecule has 25 heavy (non-hydrogen) atoms. The van der Waals surface area contributed by atoms with E-state index in [1.165, 1.54) is 9.21 Å². The molecular formula is C16H24N2O5S2. The number of thiophene rings is 1. The highest BCUT2D eigenvalue weighted by molar-refractivity contribution is 7.89. The van der Waals surface area contributed by atoms with Gasteiger partial charge in [-0.05, 0) is 37.6 Å². The maximum atomic E-state index is 12.5. The summed E-state index contributed by atoms with van der Waals surface area (Å²) >= 11 is 1.57. The van der Waals surface area contributed by atoms with Gasteiger partial charge >= 0.3 is 5.97 Å². The van der Waals surface area contributed by atoms with Gasteiger partial charge in [0.25, 0.3) is 0 Å². The molecule has 1 N–H and O–H groups in total. The smallest absolute Gasteiger partial charge is 0.323 e. The van der Waals surface area contributed by atoms with Crippen LogP contribution in [0.1, 0.15) is 31.1 Å². The Labute approximate surface area is 152 Å². The summed E-state index contributed by atoms with van der Waals surface area (Å²) in [7, 11) is -3.24. The molecule has 0 bridgehead atoms. The Kier molecular flexibility index (Phi) is 6.97. The molecule has 1 aromatic rings. The van der Waals surface area contributed by atoms with Gasteiger partial charge < -0.3 is 10.0 Å². The molecule has 0 unspecified atom stereocenters. The quantitative estimate of drug-likeness (QED) is 0.726. The molecule has 1 aliphatic heterocycles. The number of carboxylic acid groups (broad SMARTS) is 1. The fourth-order valence-corrected chi connectivity index (χ4v) is 4.85. The van der Waals surface area contributed by atoms with E-state index in [4.69, 9.17) is 5.11 Å². The number of sulfonamides is 1. The van der Waals surface area contributed by atoms with Crippen molar-refractivity contribution < 1.29 is 23.1 Å². The lowest BCUT2D eigenvalue weighted by Gasteiger charge is -2.37. The molecule has 7 nitrogen and oxygen atoms in total. The lowest BCUT2D eigenvalue weighted by Crippen LogP contribution is -2.50. The number of piperidine rings is 1. The number of nitrogens with zero attached hydrogens (tertiary/aromatic N) is 2. The second-order valence-electron chi connectivity index (χ2n) is 6.03. The van der Waals surface area contributed by atoms with Crippen LogP contribution in [0.2, 0.25) is 0 Å². The summed E-state index contributed by atoms with van der Waals surface area (Å²) in [6, 6.07) is 3.65. The third kappa shape index (κ3) is 5.52. The molecular weight excluding hydrogens is 364 g/mol. The van der Waals surface area contributed by atoms with E-state index < -0.39 is 16.0 Å². The van der Waals surface area contributed by atoms with Crippen LogP contribution < -0.4 is 0 Å². The van der Waals surface area contributed by atoms with E-state index in [2.05, 4.69) is 0 Å². The summed E-state index contributed by atoms with van der Waals surface area (Å²) < 4.78 is 25.3. The number of amides is 1. The van der Waals surface area contributed by atoms with Crippen molar-refractivity contribution in [1.82, 2.24) is 9.21 Å². The Morgan fingerprint density at radius 2 is 2.04 bits per heavy atom. The number of aliphatic carboxylic acids is 1. The fraction of sp³-hybridized carbons (Fsp3) is 0.625. The van der Waals surface area contributed by atoms with Gasteiger partial charge in [-0.2, -0.15) is 0 Å². The first-order chi connectivity index (χ1) is 11.8. The molecule has 1 fully saturated rings. The number of hydrogen-bond donors (Lipinski definition) is 1. The monoisotopic (exact) mass is 388 g/mol. The molecule has 1 saturated heterocycles. The summed E-state index contributed by atoms with van der Waals surface area (Å²) in [6.45, 7) is 1.92. The predicted octanol–water partition coefficient (Wildman–Crippen LogP) is 1.41. The molecule has 1 aliphatic rings. The van der Waals surface area contributed by atoms with Crippen LogP contribution in [0.25, 0.3) is 0 Å². The maximum Gasteiger partial charge on any atom is 0.323 e. The number of rotatable bonds is 8. The van der Waals surface area contributed by atoms with E-state index >= 15 is 0 Å². The summed E-state index contributed by atoms with van der Waals surface area (Å²) in [5.41, 5.74) is 0. The summed E-state index contributed by atoms with van der Waals surface area (Å²) in [6.07, 6.45) is 1.80. The molecule has 140 valence electrons. The van der Waals surface area contributed by atoms with E-state index in [1.807, 2.05) is 17.5 Å². The van der Waals surface area contributed by atoms with Gasteiger partial charge in [0.05, 0.1) is 5.75 Å². The Morgan fingerprint density at radius 1 is 1.36 bits per heavy atom. The van der Waals surface area contributed by atoms with Crippen molar-refractivity contribution in [2.24, 2.45) is 0 Å². The molecule has 0 spiro atoms. The van der Waals surface area contributed by atoms with Crippen LogP contribution >= 0.6 is 11.3 Å². The predicted molar refractivity (Wildman–Crippen MR) is 96.0 cm³/mol. The maximum absolute atomic E-state index is 12.5. The minimum absolute atomic E-state index is 0.0518. The molecule has 0 atom stereocenters. The first kappa shape index (κ1) is 19.9. The lowest BCUT2D eigenvalue weighted by molar-refractivity contribution is -0.146. The van der Waals surface area contributed by atoms with Gasteiger partial charge in [0.1, 0.15) is 6.54 Å². The van der Waals surface area contributed by atoms with Crippen LogP contribution in [0.15, 0.2) is 17.5 Å². The molecule has 0 aromatic carbocycles. The molecule has 0 radical (unpaired) electrons. The van der Waals surface area contributed by atoms with Gasteiger partial charge in [0, 0.05) is 30.4 Å². The average molecular weight is 389 g/mol. The van der Waals surface area contributed by atoms with Crippen LogP contribution in [-0.2, 0) is 26.0 Å². The van der Waals surface area contributed by atoms with Crippen molar-refractivity contribution in [3.8, 4) is 0 Å². The normalized spacial score (nSPS) is 16.7. The van der Waals surface area contributed by atoms with E-state index in [0.29, 0.717) is 32.4 Å². The standard InChI is InChI=1S/C16H24N2O5S2/c1-2-25(22,23)17-9-7-13(8-10-17)18(12-16(20)21)15(19)6-5-14-4-3-11-24-14/h3-4,11,13H,2,5-10,12H2,1H3,(H,20,21). The number of aryl methyl sites for hydroxylation is 1. The van der Waals surface area contributed by atoms with Crippen molar-refractivity contribution in [1.29, 1.82) is 0 Å². The Hall–Kier alpha value is -1.45. The largest absolute Gasteiger partial charge is 0.480 e. The molecule has 9 heteroatoms. The van der Waals surface area contributed by atoms with Gasteiger partial charge in [-0.1, -0.05) is 6.07 Å². The molecule has 2 rings (SSSR count). The fourth-order valence-electron chi connectivity index (χ4n) is 3.01. The van der Waals surface area contributed by atoms with E-state index in [9.17, 15) is 18.0 Å². The summed E-state index contributed by atoms with van der Waals surface area (Å²) in [5, 5.41) is 11.1. The van der Waals surface area contributed by atoms with Crippen LogP contribution in [0.4, 0.5) is 0 Å². The molecule has 0 saturated carbocycles. The minimum atomic E-state index is -3.24. The second kappa shape index (κ2) is 8.77. The highest BCUT2D eigenvalue weighted by atomic mass is 32.2. The summed E-state index contributed by atoms with van der Waals surface area (Å²) in [4.78, 5) is 26.2. The van der Waals surface area contributed by atoms with Crippen molar-refractivity contribution in [3.63, 3.8) is 0 Å².